The maximum atomic E-state index is 14.8. The molecule has 39 heavy (non-hydrogen) atoms. The molecule has 0 saturated carbocycles. The molecule has 1 amide bonds. The number of H-pyrrole nitrogens is 1. The van der Waals surface area contributed by atoms with Gasteiger partial charge < -0.3 is 20.4 Å². The predicted octanol–water partition coefficient (Wildman–Crippen LogP) is 4.47. The minimum absolute atomic E-state index is 0.0935. The average molecular weight is 582 g/mol. The standard InChI is InChI=1S/C25H33ClFN7O4S/c1-7-9-31-39(36,37)18-12-15(27)11-16(19(18)26)20-21(34-22(33-20)25(3,4)5)17-8-10-29-23(32-17)30-13-14(2)38-24(35)28-6/h8,10-12,14,31H,7,9,13H2,1-6H3,(H,28,35)(H,33,34)(H,29,30,32)/t14-/m0/s1. The lowest BCUT2D eigenvalue weighted by Crippen LogP contribution is -2.29. The molecule has 0 radical (unpaired) electrons. The van der Waals surface area contributed by atoms with E-state index in [4.69, 9.17) is 21.3 Å². The van der Waals surface area contributed by atoms with E-state index in [0.717, 1.165) is 12.1 Å². The SMILES string of the molecule is CCCNS(=O)(=O)c1cc(F)cc(-c2nc(C(C)(C)C)[nH]c2-c2ccnc(NC[C@H](C)OC(=O)NC)n2)c1Cl. The van der Waals surface area contributed by atoms with Crippen molar-refractivity contribution in [3.05, 3.63) is 41.1 Å². The topological polar surface area (TPSA) is 151 Å². The third-order valence-electron chi connectivity index (χ3n) is 5.48. The summed E-state index contributed by atoms with van der Waals surface area (Å²) < 4.78 is 48.1. The second kappa shape index (κ2) is 12.3. The summed E-state index contributed by atoms with van der Waals surface area (Å²) in [6, 6.07) is 3.66. The van der Waals surface area contributed by atoms with Crippen molar-refractivity contribution in [3.8, 4) is 22.6 Å². The van der Waals surface area contributed by atoms with Crippen molar-refractivity contribution in [1.82, 2.24) is 30.0 Å². The maximum absolute atomic E-state index is 14.8. The average Bonchev–Trinajstić information content (AvgIpc) is 3.33. The van der Waals surface area contributed by atoms with Crippen molar-refractivity contribution >= 4 is 33.7 Å². The van der Waals surface area contributed by atoms with E-state index in [2.05, 4.69) is 30.3 Å². The molecule has 212 valence electrons. The van der Waals surface area contributed by atoms with E-state index >= 15 is 0 Å². The molecular weight excluding hydrogens is 549 g/mol. The number of ether oxygens (including phenoxy) is 1. The molecule has 3 rings (SSSR count). The Balaban J connectivity index is 2.09. The second-order valence-corrected chi connectivity index (χ2v) is 11.9. The van der Waals surface area contributed by atoms with Gasteiger partial charge in [-0.05, 0) is 31.5 Å². The van der Waals surface area contributed by atoms with Crippen LogP contribution in [0.25, 0.3) is 22.6 Å². The number of carbonyl (C=O) groups is 1. The number of aromatic amines is 1. The summed E-state index contributed by atoms with van der Waals surface area (Å²) >= 11 is 6.60. The largest absolute Gasteiger partial charge is 0.445 e. The number of amides is 1. The Morgan fingerprint density at radius 2 is 1.97 bits per heavy atom. The molecule has 4 N–H and O–H groups in total. The number of hydrogen-bond donors (Lipinski definition) is 4. The highest BCUT2D eigenvalue weighted by Crippen LogP contribution is 2.39. The molecule has 0 aliphatic heterocycles. The molecule has 1 atom stereocenters. The van der Waals surface area contributed by atoms with Gasteiger partial charge in [0.1, 0.15) is 22.6 Å². The molecule has 2 heterocycles. The van der Waals surface area contributed by atoms with Crippen molar-refractivity contribution in [2.24, 2.45) is 0 Å². The van der Waals surface area contributed by atoms with Gasteiger partial charge >= 0.3 is 6.09 Å². The lowest BCUT2D eigenvalue weighted by molar-refractivity contribution is 0.114. The first-order chi connectivity index (χ1) is 18.3. The minimum Gasteiger partial charge on any atom is -0.445 e. The molecule has 0 unspecified atom stereocenters. The van der Waals surface area contributed by atoms with Crippen molar-refractivity contribution in [2.45, 2.75) is 57.5 Å². The molecule has 0 fully saturated rings. The Morgan fingerprint density at radius 3 is 2.62 bits per heavy atom. The van der Waals surface area contributed by atoms with Crippen LogP contribution in [0, 0.1) is 5.82 Å². The van der Waals surface area contributed by atoms with Crippen LogP contribution in [0.4, 0.5) is 15.1 Å². The van der Waals surface area contributed by atoms with Gasteiger partial charge in [-0.15, -0.1) is 0 Å². The maximum Gasteiger partial charge on any atom is 0.407 e. The number of hydrogen-bond acceptors (Lipinski definition) is 8. The van der Waals surface area contributed by atoms with E-state index in [9.17, 15) is 17.6 Å². The normalized spacial score (nSPS) is 12.7. The van der Waals surface area contributed by atoms with E-state index in [0.29, 0.717) is 23.6 Å². The zero-order chi connectivity index (χ0) is 29.0. The van der Waals surface area contributed by atoms with Crippen LogP contribution in [0.2, 0.25) is 5.02 Å². The van der Waals surface area contributed by atoms with Crippen LogP contribution in [0.1, 0.15) is 46.9 Å². The number of aromatic nitrogens is 4. The first-order valence-corrected chi connectivity index (χ1v) is 14.2. The number of benzene rings is 1. The minimum atomic E-state index is -4.07. The Morgan fingerprint density at radius 1 is 1.26 bits per heavy atom. The molecular formula is C25H33ClFN7O4S. The fourth-order valence-corrected chi connectivity index (χ4v) is 5.20. The predicted molar refractivity (Wildman–Crippen MR) is 148 cm³/mol. The number of anilines is 1. The van der Waals surface area contributed by atoms with E-state index in [-0.39, 0.29) is 40.2 Å². The van der Waals surface area contributed by atoms with Crippen LogP contribution in [0.5, 0.6) is 0 Å². The van der Waals surface area contributed by atoms with Crippen LogP contribution < -0.4 is 15.4 Å². The van der Waals surface area contributed by atoms with Gasteiger partial charge in [0, 0.05) is 30.8 Å². The smallest absolute Gasteiger partial charge is 0.407 e. The molecule has 0 saturated heterocycles. The van der Waals surface area contributed by atoms with Crippen LogP contribution in [0.3, 0.4) is 0 Å². The van der Waals surface area contributed by atoms with Crippen LogP contribution in [-0.2, 0) is 20.2 Å². The van der Waals surface area contributed by atoms with Gasteiger partial charge in [0.2, 0.25) is 16.0 Å². The molecule has 0 aliphatic rings. The van der Waals surface area contributed by atoms with Gasteiger partial charge in [-0.2, -0.15) is 0 Å². The lowest BCUT2D eigenvalue weighted by Gasteiger charge is -2.14. The summed E-state index contributed by atoms with van der Waals surface area (Å²) in [4.78, 5) is 27.8. The van der Waals surface area contributed by atoms with Gasteiger partial charge in [-0.25, -0.2) is 37.3 Å². The zero-order valence-corrected chi connectivity index (χ0v) is 24.2. The summed E-state index contributed by atoms with van der Waals surface area (Å²) in [7, 11) is -2.61. The quantitative estimate of drug-likeness (QED) is 0.274. The Kier molecular flexibility index (Phi) is 9.51. The number of halogens is 2. The second-order valence-electron chi connectivity index (χ2n) is 9.83. The number of alkyl carbamates (subject to hydrolysis) is 1. The number of imidazole rings is 1. The van der Waals surface area contributed by atoms with Gasteiger partial charge in [0.15, 0.2) is 0 Å². The number of nitrogens with zero attached hydrogens (tertiary/aromatic N) is 3. The van der Waals surface area contributed by atoms with Crippen molar-refractivity contribution < 1.29 is 22.3 Å². The highest BCUT2D eigenvalue weighted by Gasteiger charge is 2.28. The van der Waals surface area contributed by atoms with Crippen molar-refractivity contribution in [1.29, 1.82) is 0 Å². The lowest BCUT2D eigenvalue weighted by atomic mass is 9.96. The summed E-state index contributed by atoms with van der Waals surface area (Å²) in [6.07, 6.45) is 1.04. The molecule has 14 heteroatoms. The summed E-state index contributed by atoms with van der Waals surface area (Å²) in [5, 5.41) is 5.23. The van der Waals surface area contributed by atoms with Gasteiger partial charge in [-0.3, -0.25) is 0 Å². The fraction of sp³-hybridized carbons (Fsp3) is 0.440. The fourth-order valence-electron chi connectivity index (χ4n) is 3.46. The molecule has 3 aromatic rings. The number of rotatable bonds is 10. The molecule has 0 spiro atoms. The third kappa shape index (κ3) is 7.43. The molecule has 0 bridgehead atoms. The highest BCUT2D eigenvalue weighted by atomic mass is 35.5. The summed E-state index contributed by atoms with van der Waals surface area (Å²) in [6.45, 7) is 9.76. The van der Waals surface area contributed by atoms with Gasteiger partial charge in [0.05, 0.1) is 28.6 Å². The van der Waals surface area contributed by atoms with E-state index in [1.807, 2.05) is 27.7 Å². The van der Waals surface area contributed by atoms with E-state index in [1.54, 1.807) is 13.0 Å². The van der Waals surface area contributed by atoms with Crippen LogP contribution in [0.15, 0.2) is 29.3 Å². The van der Waals surface area contributed by atoms with Gasteiger partial charge in [-0.1, -0.05) is 39.3 Å². The number of carbonyl (C=O) groups excluding carboxylic acids is 1. The van der Waals surface area contributed by atoms with Crippen molar-refractivity contribution in [3.63, 3.8) is 0 Å². The third-order valence-corrected chi connectivity index (χ3v) is 7.48. The first-order valence-electron chi connectivity index (χ1n) is 12.3. The molecule has 2 aromatic heterocycles. The van der Waals surface area contributed by atoms with Crippen LogP contribution >= 0.6 is 11.6 Å². The Bertz CT molecular complexity index is 1440. The summed E-state index contributed by atoms with van der Waals surface area (Å²) in [5.41, 5.74) is 0.690. The molecule has 0 aliphatic carbocycles. The molecule has 11 nitrogen and oxygen atoms in total. The van der Waals surface area contributed by atoms with E-state index in [1.165, 1.54) is 13.2 Å². The summed E-state index contributed by atoms with van der Waals surface area (Å²) in [5.74, 6) is 0.0184. The first kappa shape index (κ1) is 30.3. The van der Waals surface area contributed by atoms with E-state index < -0.39 is 33.5 Å². The molecule has 1 aromatic carbocycles. The Hall–Kier alpha value is -3.29. The zero-order valence-electron chi connectivity index (χ0n) is 22.6. The number of nitrogens with one attached hydrogen (secondary N) is 4. The number of sulfonamides is 1. The van der Waals surface area contributed by atoms with Crippen molar-refractivity contribution in [2.75, 3.05) is 25.5 Å². The Labute approximate surface area is 232 Å². The monoisotopic (exact) mass is 581 g/mol. The highest BCUT2D eigenvalue weighted by molar-refractivity contribution is 7.89. The van der Waals surface area contributed by atoms with Crippen LogP contribution in [-0.4, -0.2) is 60.7 Å². The van der Waals surface area contributed by atoms with Gasteiger partial charge in [0.25, 0.3) is 0 Å².